The lowest BCUT2D eigenvalue weighted by Crippen LogP contribution is -2.47. The van der Waals surface area contributed by atoms with Gasteiger partial charge in [0, 0.05) is 99.5 Å². The largest absolute Gasteiger partial charge is 0.383 e. The molecule has 6 aromatic heterocycles. The zero-order chi connectivity index (χ0) is 31.5. The molecule has 1 saturated heterocycles. The van der Waals surface area contributed by atoms with Crippen LogP contribution in [0.3, 0.4) is 0 Å². The summed E-state index contributed by atoms with van der Waals surface area (Å²) in [5.41, 5.74) is 16.2. The number of piperazine rings is 1. The number of aryl methyl sites for hydroxylation is 1. The van der Waals surface area contributed by atoms with Gasteiger partial charge >= 0.3 is 0 Å². The zero-order valence-electron chi connectivity index (χ0n) is 25.0. The summed E-state index contributed by atoms with van der Waals surface area (Å²) in [6.45, 7) is 4.43. The number of H-pyrrole nitrogens is 1. The number of fused-ring (bicyclic) bond motifs is 2. The number of amides is 1. The lowest BCUT2D eigenvalue weighted by Gasteiger charge is -2.34. The van der Waals surface area contributed by atoms with E-state index in [1.165, 1.54) is 6.33 Å². The molecule has 1 aliphatic heterocycles. The van der Waals surface area contributed by atoms with Gasteiger partial charge in [-0.25, -0.2) is 39.6 Å². The standard InChI is InChI=1S/C30H33N15O/c31-12-19-13-36-29(37-14-19)43-7-9-44(10-8-43)30-38-16-22(17-39-30)28(46)34-4-1-2-6-45-27-23(25(32)40-18-41-27)24(42-45)21-11-20-3-5-33-26(20)35-15-21/h3,5,11,13-18H,1-2,4,6-10,12,31H2,(H,33,35)(H,34,46)(H2,32,40,41). The summed E-state index contributed by atoms with van der Waals surface area (Å²) >= 11 is 0. The lowest BCUT2D eigenvalue weighted by molar-refractivity contribution is 0.0952. The Hall–Kier alpha value is -5.77. The Balaban J connectivity index is 0.906. The fourth-order valence-corrected chi connectivity index (χ4v) is 5.47. The second kappa shape index (κ2) is 12.7. The molecule has 0 aromatic carbocycles. The summed E-state index contributed by atoms with van der Waals surface area (Å²) < 4.78 is 1.84. The van der Waals surface area contributed by atoms with Gasteiger partial charge in [0.1, 0.15) is 23.5 Å². The van der Waals surface area contributed by atoms with Gasteiger partial charge in [0.2, 0.25) is 11.9 Å². The molecule has 234 valence electrons. The molecular formula is C30H33N15O. The smallest absolute Gasteiger partial charge is 0.254 e. The van der Waals surface area contributed by atoms with Gasteiger partial charge in [0.05, 0.1) is 10.9 Å². The molecule has 0 spiro atoms. The van der Waals surface area contributed by atoms with E-state index in [4.69, 9.17) is 16.6 Å². The van der Waals surface area contributed by atoms with Crippen LogP contribution in [0.25, 0.3) is 33.3 Å². The molecule has 16 heteroatoms. The second-order valence-corrected chi connectivity index (χ2v) is 11.0. The Morgan fingerprint density at radius 3 is 2.33 bits per heavy atom. The van der Waals surface area contributed by atoms with Crippen molar-refractivity contribution in [2.45, 2.75) is 25.9 Å². The van der Waals surface area contributed by atoms with Gasteiger partial charge < -0.3 is 31.6 Å². The maximum atomic E-state index is 12.8. The number of unbranched alkanes of at least 4 members (excludes halogenated alkanes) is 1. The van der Waals surface area contributed by atoms with Crippen LogP contribution in [0.15, 0.2) is 55.6 Å². The van der Waals surface area contributed by atoms with Gasteiger partial charge in [-0.1, -0.05) is 0 Å². The van der Waals surface area contributed by atoms with Crippen LogP contribution in [-0.2, 0) is 13.1 Å². The molecule has 1 fully saturated rings. The first-order valence-corrected chi connectivity index (χ1v) is 15.1. The molecule has 46 heavy (non-hydrogen) atoms. The van der Waals surface area contributed by atoms with Crippen molar-refractivity contribution in [3.05, 3.63) is 66.8 Å². The van der Waals surface area contributed by atoms with Crippen LogP contribution in [0.4, 0.5) is 17.7 Å². The molecule has 7 heterocycles. The van der Waals surface area contributed by atoms with E-state index in [1.54, 1.807) is 31.0 Å². The Bertz CT molecular complexity index is 1960. The average molecular weight is 620 g/mol. The van der Waals surface area contributed by atoms with Crippen LogP contribution in [0.1, 0.15) is 28.8 Å². The van der Waals surface area contributed by atoms with Gasteiger partial charge in [-0.2, -0.15) is 5.10 Å². The minimum absolute atomic E-state index is 0.213. The third-order valence-corrected chi connectivity index (χ3v) is 7.99. The van der Waals surface area contributed by atoms with Crippen LogP contribution in [0, 0.1) is 0 Å². The van der Waals surface area contributed by atoms with E-state index in [1.807, 2.05) is 23.0 Å². The maximum absolute atomic E-state index is 12.8. The van der Waals surface area contributed by atoms with E-state index >= 15 is 0 Å². The average Bonchev–Trinajstić information content (AvgIpc) is 3.73. The number of nitrogens with one attached hydrogen (secondary N) is 2. The quantitative estimate of drug-likeness (QED) is 0.160. The number of carbonyl (C=O) groups excluding carboxylic acids is 1. The predicted molar refractivity (Wildman–Crippen MR) is 173 cm³/mol. The fraction of sp³-hybridized carbons (Fsp3) is 0.300. The van der Waals surface area contributed by atoms with Crippen molar-refractivity contribution < 1.29 is 4.79 Å². The van der Waals surface area contributed by atoms with Crippen molar-refractivity contribution in [3.8, 4) is 11.3 Å². The van der Waals surface area contributed by atoms with E-state index in [-0.39, 0.29) is 5.91 Å². The van der Waals surface area contributed by atoms with Crippen molar-refractivity contribution in [2.75, 3.05) is 48.3 Å². The number of nitrogens with two attached hydrogens (primary N) is 2. The molecule has 0 aliphatic carbocycles. The monoisotopic (exact) mass is 619 g/mol. The van der Waals surface area contributed by atoms with Gasteiger partial charge in [-0.3, -0.25) is 4.79 Å². The summed E-state index contributed by atoms with van der Waals surface area (Å²) in [4.78, 5) is 50.9. The molecule has 0 unspecified atom stereocenters. The number of nitrogens with zero attached hydrogens (tertiary/aromatic N) is 11. The molecule has 0 bridgehead atoms. The van der Waals surface area contributed by atoms with Crippen molar-refractivity contribution in [1.29, 1.82) is 0 Å². The third kappa shape index (κ3) is 5.84. The van der Waals surface area contributed by atoms with Crippen molar-refractivity contribution >= 4 is 45.7 Å². The number of hydrogen-bond donors (Lipinski definition) is 4. The van der Waals surface area contributed by atoms with Crippen molar-refractivity contribution in [2.24, 2.45) is 5.73 Å². The SMILES string of the molecule is NCc1cnc(N2CCN(c3ncc(C(=O)NCCCCn4nc(-c5cnc6[nH]ccc6c5)c5c(N)ncnc54)cn3)CC2)nc1. The van der Waals surface area contributed by atoms with Gasteiger partial charge in [-0.05, 0) is 25.0 Å². The highest BCUT2D eigenvalue weighted by Crippen LogP contribution is 2.31. The van der Waals surface area contributed by atoms with Crippen molar-refractivity contribution in [3.63, 3.8) is 0 Å². The van der Waals surface area contributed by atoms with E-state index in [0.717, 1.165) is 61.2 Å². The van der Waals surface area contributed by atoms with E-state index in [9.17, 15) is 4.79 Å². The molecule has 16 nitrogen and oxygen atoms in total. The third-order valence-electron chi connectivity index (χ3n) is 7.99. The first kappa shape index (κ1) is 29.0. The molecule has 1 aliphatic rings. The molecule has 0 saturated carbocycles. The molecule has 7 rings (SSSR count). The topological polar surface area (TPSA) is 211 Å². The second-order valence-electron chi connectivity index (χ2n) is 11.0. The number of carbonyl (C=O) groups is 1. The highest BCUT2D eigenvalue weighted by molar-refractivity contribution is 5.99. The van der Waals surface area contributed by atoms with E-state index in [0.29, 0.717) is 59.6 Å². The van der Waals surface area contributed by atoms with Crippen molar-refractivity contribution in [1.82, 2.24) is 55.0 Å². The first-order valence-electron chi connectivity index (χ1n) is 15.1. The molecule has 6 aromatic rings. The number of aromatic amines is 1. The Kier molecular flexibility index (Phi) is 7.99. The summed E-state index contributed by atoms with van der Waals surface area (Å²) in [5, 5.41) is 9.46. The number of anilines is 3. The summed E-state index contributed by atoms with van der Waals surface area (Å²) in [5.74, 6) is 1.44. The normalized spacial score (nSPS) is 13.5. The summed E-state index contributed by atoms with van der Waals surface area (Å²) in [6.07, 6.45) is 13.2. The molecule has 0 atom stereocenters. The number of rotatable bonds is 10. The summed E-state index contributed by atoms with van der Waals surface area (Å²) in [6, 6.07) is 3.98. The van der Waals surface area contributed by atoms with E-state index < -0.39 is 0 Å². The highest BCUT2D eigenvalue weighted by atomic mass is 16.1. The molecular weight excluding hydrogens is 586 g/mol. The van der Waals surface area contributed by atoms with Crippen LogP contribution >= 0.6 is 0 Å². The Labute approximate surface area is 263 Å². The fourth-order valence-electron chi connectivity index (χ4n) is 5.47. The highest BCUT2D eigenvalue weighted by Gasteiger charge is 2.21. The molecule has 0 radical (unpaired) electrons. The number of aromatic nitrogens is 10. The van der Waals surface area contributed by atoms with Crippen LogP contribution in [-0.4, -0.2) is 88.3 Å². The lowest BCUT2D eigenvalue weighted by atomic mass is 10.1. The number of nitrogen functional groups attached to an aromatic ring is 1. The minimum Gasteiger partial charge on any atom is -0.383 e. The predicted octanol–water partition coefficient (Wildman–Crippen LogP) is 1.53. The Morgan fingerprint density at radius 2 is 1.61 bits per heavy atom. The summed E-state index contributed by atoms with van der Waals surface area (Å²) in [7, 11) is 0. The van der Waals surface area contributed by atoms with Gasteiger partial charge in [0.15, 0.2) is 5.65 Å². The molecule has 6 N–H and O–H groups in total. The first-order chi connectivity index (χ1) is 22.6. The van der Waals surface area contributed by atoms with Gasteiger partial charge in [0.25, 0.3) is 5.91 Å². The zero-order valence-corrected chi connectivity index (χ0v) is 25.0. The molecule has 1 amide bonds. The number of pyridine rings is 1. The van der Waals surface area contributed by atoms with Gasteiger partial charge in [-0.15, -0.1) is 0 Å². The maximum Gasteiger partial charge on any atom is 0.254 e. The minimum atomic E-state index is -0.213. The number of hydrogen-bond acceptors (Lipinski definition) is 13. The van der Waals surface area contributed by atoms with Crippen LogP contribution in [0.5, 0.6) is 0 Å². The Morgan fingerprint density at radius 1 is 0.891 bits per heavy atom. The van der Waals surface area contributed by atoms with Crippen LogP contribution in [0.2, 0.25) is 0 Å². The van der Waals surface area contributed by atoms with Crippen LogP contribution < -0.4 is 26.6 Å². The van der Waals surface area contributed by atoms with E-state index in [2.05, 4.69) is 55.0 Å².